The number of ether oxygens (including phenoxy) is 1. The van der Waals surface area contributed by atoms with Crippen molar-refractivity contribution in [2.45, 2.75) is 52.0 Å². The maximum Gasteiger partial charge on any atom is 0.338 e. The van der Waals surface area contributed by atoms with E-state index >= 15 is 0 Å². The number of fused-ring (bicyclic) bond motifs is 1. The number of nitrogens with zero attached hydrogens (tertiary/aromatic N) is 3. The fourth-order valence-corrected chi connectivity index (χ4v) is 4.34. The Hall–Kier alpha value is -3.82. The van der Waals surface area contributed by atoms with Crippen molar-refractivity contribution in [3.8, 4) is 0 Å². The standard InChI is InChI=1S/C24H27N5O5/c1-3-16-7-5-6-12-29(16)24-27-20-19(22(32)28-24)17(13-18(30)26-20)21(31)25-15-10-8-14(9-11-15)23(33)34-4-2/h8-11,16H,3-7,12-13H2,1-2H3,(H,25,31)(H,26,27,28,30,32). The highest BCUT2D eigenvalue weighted by molar-refractivity contribution is 6.23. The normalized spacial score (nSPS) is 17.6. The molecule has 1 unspecified atom stereocenters. The minimum atomic E-state index is -0.599. The van der Waals surface area contributed by atoms with Crippen LogP contribution in [0.15, 0.2) is 34.1 Å². The summed E-state index contributed by atoms with van der Waals surface area (Å²) in [5.74, 6) is -1.22. The zero-order valence-corrected chi connectivity index (χ0v) is 19.2. The van der Waals surface area contributed by atoms with Gasteiger partial charge in [-0.2, -0.15) is 9.98 Å². The van der Waals surface area contributed by atoms with Gasteiger partial charge in [0.2, 0.25) is 5.95 Å². The molecule has 0 saturated carbocycles. The minimum absolute atomic E-state index is 0.00838. The topological polar surface area (TPSA) is 134 Å². The van der Waals surface area contributed by atoms with Crippen LogP contribution in [0.3, 0.4) is 0 Å². The maximum absolute atomic E-state index is 13.0. The maximum atomic E-state index is 13.0. The third-order valence-corrected chi connectivity index (χ3v) is 6.05. The van der Waals surface area contributed by atoms with E-state index in [1.807, 2.05) is 4.90 Å². The molecule has 34 heavy (non-hydrogen) atoms. The molecule has 1 aromatic carbocycles. The van der Waals surface area contributed by atoms with Gasteiger partial charge in [-0.15, -0.1) is 0 Å². The number of H-pyrrole nitrogens is 1. The van der Waals surface area contributed by atoms with Gasteiger partial charge in [-0.25, -0.2) is 4.79 Å². The van der Waals surface area contributed by atoms with Crippen LogP contribution in [0.4, 0.5) is 11.6 Å². The molecule has 0 bridgehead atoms. The van der Waals surface area contributed by atoms with Crippen LogP contribution in [-0.2, 0) is 14.3 Å². The fourth-order valence-electron chi connectivity index (χ4n) is 4.34. The van der Waals surface area contributed by atoms with Gasteiger partial charge < -0.3 is 15.0 Å². The van der Waals surface area contributed by atoms with Gasteiger partial charge in [-0.1, -0.05) is 6.92 Å². The molecule has 1 saturated heterocycles. The number of benzene rings is 1. The van der Waals surface area contributed by atoms with E-state index in [-0.39, 0.29) is 35.3 Å². The van der Waals surface area contributed by atoms with Crippen LogP contribution >= 0.6 is 0 Å². The summed E-state index contributed by atoms with van der Waals surface area (Å²) >= 11 is 0. The predicted molar refractivity (Wildman–Crippen MR) is 125 cm³/mol. The molecule has 0 aliphatic carbocycles. The lowest BCUT2D eigenvalue weighted by atomic mass is 10.0. The van der Waals surface area contributed by atoms with Gasteiger partial charge in [0.15, 0.2) is 5.49 Å². The number of amides is 2. The Labute approximate surface area is 195 Å². The van der Waals surface area contributed by atoms with Gasteiger partial charge in [0.05, 0.1) is 23.8 Å². The molecular formula is C24H27N5O5. The Kier molecular flexibility index (Phi) is 6.85. The van der Waals surface area contributed by atoms with Crippen LogP contribution in [-0.4, -0.2) is 46.9 Å². The average Bonchev–Trinajstić information content (AvgIpc) is 2.83. The zero-order chi connectivity index (χ0) is 24.2. The molecule has 178 valence electrons. The Morgan fingerprint density at radius 3 is 2.65 bits per heavy atom. The number of hydrogen-bond acceptors (Lipinski definition) is 7. The van der Waals surface area contributed by atoms with Crippen molar-refractivity contribution in [1.29, 1.82) is 0 Å². The first-order chi connectivity index (χ1) is 16.4. The molecule has 1 aromatic heterocycles. The Morgan fingerprint density at radius 1 is 1.18 bits per heavy atom. The molecule has 2 aliphatic heterocycles. The number of nitrogens with one attached hydrogen (secondary N) is 2. The van der Waals surface area contributed by atoms with E-state index in [0.29, 0.717) is 17.2 Å². The minimum Gasteiger partial charge on any atom is -0.462 e. The van der Waals surface area contributed by atoms with Gasteiger partial charge >= 0.3 is 5.97 Å². The number of piperidine rings is 1. The highest BCUT2D eigenvalue weighted by Gasteiger charge is 2.26. The van der Waals surface area contributed by atoms with Crippen LogP contribution in [0.25, 0.3) is 5.57 Å². The summed E-state index contributed by atoms with van der Waals surface area (Å²) in [6.45, 7) is 4.82. The number of carbonyl (C=O) groups is 3. The summed E-state index contributed by atoms with van der Waals surface area (Å²) in [7, 11) is 0. The van der Waals surface area contributed by atoms with Crippen molar-refractivity contribution in [2.75, 3.05) is 23.4 Å². The monoisotopic (exact) mass is 465 g/mol. The van der Waals surface area contributed by atoms with Crippen LogP contribution in [0.2, 0.25) is 0 Å². The van der Waals surface area contributed by atoms with Gasteiger partial charge in [-0.3, -0.25) is 19.4 Å². The van der Waals surface area contributed by atoms with Gasteiger partial charge in [0.25, 0.3) is 17.4 Å². The van der Waals surface area contributed by atoms with Crippen molar-refractivity contribution in [3.05, 3.63) is 50.9 Å². The van der Waals surface area contributed by atoms with E-state index in [1.54, 1.807) is 19.1 Å². The lowest BCUT2D eigenvalue weighted by Gasteiger charge is -2.35. The first-order valence-corrected chi connectivity index (χ1v) is 11.5. The van der Waals surface area contributed by atoms with Crippen molar-refractivity contribution in [3.63, 3.8) is 0 Å². The zero-order valence-electron chi connectivity index (χ0n) is 19.2. The average molecular weight is 466 g/mol. The largest absolute Gasteiger partial charge is 0.462 e. The van der Waals surface area contributed by atoms with E-state index < -0.39 is 23.3 Å². The molecule has 3 heterocycles. The van der Waals surface area contributed by atoms with E-state index in [4.69, 9.17) is 4.74 Å². The first-order valence-electron chi connectivity index (χ1n) is 11.5. The van der Waals surface area contributed by atoms with E-state index in [1.165, 1.54) is 12.1 Å². The third kappa shape index (κ3) is 4.75. The highest BCUT2D eigenvalue weighted by atomic mass is 16.5. The van der Waals surface area contributed by atoms with Crippen molar-refractivity contribution in [2.24, 2.45) is 4.99 Å². The van der Waals surface area contributed by atoms with Crippen LogP contribution < -0.4 is 26.5 Å². The summed E-state index contributed by atoms with van der Waals surface area (Å²) in [6, 6.07) is 6.40. The molecule has 0 spiro atoms. The summed E-state index contributed by atoms with van der Waals surface area (Å²) in [5, 5.41) is 2.69. The molecule has 2 aromatic rings. The lowest BCUT2D eigenvalue weighted by molar-refractivity contribution is -0.118. The highest BCUT2D eigenvalue weighted by Crippen LogP contribution is 2.22. The number of anilines is 2. The fraction of sp³-hybridized carbons (Fsp3) is 0.417. The number of esters is 1. The molecule has 2 N–H and O–H groups in total. The van der Waals surface area contributed by atoms with Gasteiger partial charge in [-0.05, 0) is 56.9 Å². The summed E-state index contributed by atoms with van der Waals surface area (Å²) in [4.78, 5) is 63.4. The van der Waals surface area contributed by atoms with Crippen LogP contribution in [0, 0.1) is 0 Å². The smallest absolute Gasteiger partial charge is 0.338 e. The number of aromatic nitrogens is 2. The van der Waals surface area contributed by atoms with Gasteiger partial charge in [0, 0.05) is 23.8 Å². The third-order valence-electron chi connectivity index (χ3n) is 6.05. The van der Waals surface area contributed by atoms with Crippen LogP contribution in [0.5, 0.6) is 0 Å². The van der Waals surface area contributed by atoms with Crippen molar-refractivity contribution >= 4 is 35.0 Å². The Balaban J connectivity index is 1.67. The summed E-state index contributed by atoms with van der Waals surface area (Å²) < 4.78 is 4.95. The quantitative estimate of drug-likeness (QED) is 0.609. The number of hydrogen-bond donors (Lipinski definition) is 2. The molecule has 4 rings (SSSR count). The lowest BCUT2D eigenvalue weighted by Crippen LogP contribution is -2.52. The molecule has 1 atom stereocenters. The Bertz CT molecular complexity index is 1300. The molecule has 2 amide bonds. The van der Waals surface area contributed by atoms with Crippen molar-refractivity contribution in [1.82, 2.24) is 9.97 Å². The second-order valence-electron chi connectivity index (χ2n) is 8.25. The molecule has 10 nitrogen and oxygen atoms in total. The van der Waals surface area contributed by atoms with Crippen LogP contribution in [0.1, 0.15) is 56.3 Å². The van der Waals surface area contributed by atoms with E-state index in [2.05, 4.69) is 27.2 Å². The second-order valence-corrected chi connectivity index (χ2v) is 8.25. The summed E-state index contributed by atoms with van der Waals surface area (Å²) in [6.07, 6.45) is 3.72. The summed E-state index contributed by atoms with van der Waals surface area (Å²) in [5.41, 5.74) is 0.233. The Morgan fingerprint density at radius 2 is 1.94 bits per heavy atom. The first kappa shape index (κ1) is 23.3. The van der Waals surface area contributed by atoms with E-state index in [9.17, 15) is 19.2 Å². The van der Waals surface area contributed by atoms with E-state index in [0.717, 1.165) is 32.2 Å². The number of aromatic amines is 1. The molecular weight excluding hydrogens is 438 g/mol. The second kappa shape index (κ2) is 9.98. The van der Waals surface area contributed by atoms with Crippen molar-refractivity contribution < 1.29 is 19.1 Å². The molecule has 10 heteroatoms. The number of rotatable bonds is 6. The predicted octanol–water partition coefficient (Wildman–Crippen LogP) is 1.05. The molecule has 1 fully saturated rings. The molecule has 2 aliphatic rings. The van der Waals surface area contributed by atoms with Gasteiger partial charge in [0.1, 0.15) is 0 Å². The molecule has 0 radical (unpaired) electrons. The SMILES string of the molecule is CCOC(=O)c1ccc(NC(=O)C2=c3c(nc(N4CCCCC4CC)[nH]c3=O)=NC(=O)C2)cc1. The number of carbonyl (C=O) groups excluding carboxylic acids is 3.